The van der Waals surface area contributed by atoms with Crippen molar-refractivity contribution in [3.8, 4) is 0 Å². The van der Waals surface area contributed by atoms with Gasteiger partial charge in [0.2, 0.25) is 5.91 Å². The summed E-state index contributed by atoms with van der Waals surface area (Å²) < 4.78 is 7.54. The smallest absolute Gasteiger partial charge is 0.249 e. The summed E-state index contributed by atoms with van der Waals surface area (Å²) in [6, 6.07) is 0. The Morgan fingerprint density at radius 3 is 3.26 bits per heavy atom. The van der Waals surface area contributed by atoms with E-state index in [9.17, 15) is 4.79 Å². The van der Waals surface area contributed by atoms with Crippen LogP contribution in [0.4, 0.5) is 0 Å². The molecule has 1 aromatic heterocycles. The number of ether oxygens (including phenoxy) is 1. The molecule has 2 atom stereocenters. The summed E-state index contributed by atoms with van der Waals surface area (Å²) >= 11 is 0. The molecule has 1 aliphatic rings. The third-order valence-electron chi connectivity index (χ3n) is 2.98. The summed E-state index contributed by atoms with van der Waals surface area (Å²) in [6.45, 7) is 4.88. The molecule has 2 N–H and O–H groups in total. The molecule has 0 bridgehead atoms. The van der Waals surface area contributed by atoms with E-state index in [1.807, 2.05) is 10.8 Å². The van der Waals surface area contributed by atoms with E-state index in [2.05, 4.69) is 16.9 Å². The number of aromatic nitrogens is 2. The first-order valence-corrected chi connectivity index (χ1v) is 6.28. The Bertz CT molecular complexity index is 469. The number of nitrogens with zero attached hydrogens (tertiary/aromatic N) is 2. The van der Waals surface area contributed by atoms with E-state index in [1.165, 1.54) is 6.21 Å². The predicted molar refractivity (Wildman–Crippen MR) is 71.2 cm³/mol. The number of carbonyl (C=O) groups is 1. The molecule has 1 aromatic rings. The van der Waals surface area contributed by atoms with Gasteiger partial charge >= 0.3 is 0 Å². The third-order valence-corrected chi connectivity index (χ3v) is 2.98. The van der Waals surface area contributed by atoms with Crippen molar-refractivity contribution < 1.29 is 9.53 Å². The quantitative estimate of drug-likeness (QED) is 0.580. The number of carbonyl (C=O) groups excluding carboxylic acids is 1. The zero-order valence-electron chi connectivity index (χ0n) is 10.7. The van der Waals surface area contributed by atoms with Crippen LogP contribution in [0.3, 0.4) is 0 Å². The summed E-state index contributed by atoms with van der Waals surface area (Å²) in [5, 5.41) is 9.79. The van der Waals surface area contributed by atoms with Crippen LogP contribution in [0.2, 0.25) is 0 Å². The highest BCUT2D eigenvalue weighted by atomic mass is 16.5. The molecule has 2 rings (SSSR count). The lowest BCUT2D eigenvalue weighted by Crippen LogP contribution is -2.49. The van der Waals surface area contributed by atoms with Crippen molar-refractivity contribution in [2.24, 2.45) is 0 Å². The van der Waals surface area contributed by atoms with Gasteiger partial charge in [0.1, 0.15) is 6.10 Å². The molecule has 6 nitrogen and oxygen atoms in total. The van der Waals surface area contributed by atoms with Gasteiger partial charge in [-0.25, -0.2) is 4.98 Å². The van der Waals surface area contributed by atoms with Crippen LogP contribution in [0.25, 0.3) is 0 Å². The fourth-order valence-corrected chi connectivity index (χ4v) is 1.95. The summed E-state index contributed by atoms with van der Waals surface area (Å²) in [5.41, 5.74) is 0.815. The SMILES string of the molecule is C=C[C@@H]1CNC(=O)[C@H](Cc2cn(CCC=N)cn2)O1. The van der Waals surface area contributed by atoms with Crippen LogP contribution in [0.5, 0.6) is 0 Å². The Labute approximate surface area is 112 Å². The molecule has 0 spiro atoms. The highest BCUT2D eigenvalue weighted by Crippen LogP contribution is 2.11. The number of morpholine rings is 1. The average Bonchev–Trinajstić information content (AvgIpc) is 2.86. The van der Waals surface area contributed by atoms with E-state index in [4.69, 9.17) is 10.1 Å². The fraction of sp³-hybridized carbons (Fsp3) is 0.462. The van der Waals surface area contributed by atoms with Gasteiger partial charge in [0.15, 0.2) is 0 Å². The maximum Gasteiger partial charge on any atom is 0.249 e. The minimum Gasteiger partial charge on any atom is -0.359 e. The zero-order valence-corrected chi connectivity index (χ0v) is 10.7. The first-order valence-electron chi connectivity index (χ1n) is 6.28. The Kier molecular flexibility index (Phi) is 4.46. The minimum atomic E-state index is -0.511. The van der Waals surface area contributed by atoms with Crippen LogP contribution in [0, 0.1) is 5.41 Å². The van der Waals surface area contributed by atoms with Crippen molar-refractivity contribution in [1.82, 2.24) is 14.9 Å². The van der Waals surface area contributed by atoms with Crippen LogP contribution in [0.15, 0.2) is 25.2 Å². The molecule has 1 saturated heterocycles. The first-order chi connectivity index (χ1) is 9.22. The lowest BCUT2D eigenvalue weighted by atomic mass is 10.1. The number of hydrogen-bond donors (Lipinski definition) is 2. The monoisotopic (exact) mass is 262 g/mol. The highest BCUT2D eigenvalue weighted by Gasteiger charge is 2.28. The Hall–Kier alpha value is -1.95. The molecule has 1 amide bonds. The molecule has 2 heterocycles. The molecule has 0 saturated carbocycles. The van der Waals surface area contributed by atoms with Crippen molar-refractivity contribution in [3.05, 3.63) is 30.9 Å². The van der Waals surface area contributed by atoms with Gasteiger partial charge in [-0.2, -0.15) is 0 Å². The molecule has 1 aliphatic heterocycles. The number of aryl methyl sites for hydroxylation is 1. The molecule has 0 aliphatic carbocycles. The summed E-state index contributed by atoms with van der Waals surface area (Å²) in [4.78, 5) is 16.0. The van der Waals surface area contributed by atoms with E-state index < -0.39 is 6.10 Å². The van der Waals surface area contributed by atoms with Gasteiger partial charge in [0.25, 0.3) is 0 Å². The number of imidazole rings is 1. The van der Waals surface area contributed by atoms with Gasteiger partial charge in [-0.05, 0) is 12.6 Å². The van der Waals surface area contributed by atoms with Gasteiger partial charge in [-0.1, -0.05) is 6.08 Å². The molecule has 102 valence electrons. The molecule has 0 radical (unpaired) electrons. The Balaban J connectivity index is 1.95. The molecule has 19 heavy (non-hydrogen) atoms. The molecule has 0 aromatic carbocycles. The van der Waals surface area contributed by atoms with E-state index in [-0.39, 0.29) is 12.0 Å². The van der Waals surface area contributed by atoms with Gasteiger partial charge in [-0.3, -0.25) is 4.79 Å². The van der Waals surface area contributed by atoms with Crippen molar-refractivity contribution in [2.75, 3.05) is 6.54 Å². The van der Waals surface area contributed by atoms with Crippen LogP contribution in [-0.2, 0) is 22.5 Å². The summed E-state index contributed by atoms with van der Waals surface area (Å²) in [6.07, 6.45) is 7.14. The van der Waals surface area contributed by atoms with Crippen LogP contribution >= 0.6 is 0 Å². The fourth-order valence-electron chi connectivity index (χ4n) is 1.95. The zero-order chi connectivity index (χ0) is 13.7. The Morgan fingerprint density at radius 2 is 2.53 bits per heavy atom. The standard InChI is InChI=1S/C13H18N4O2/c1-2-11-7-15-13(18)12(19-11)6-10-8-17(9-16-10)5-3-4-14/h2,4,8-9,11-12,14H,1,3,5-7H2,(H,15,18)/t11-,12+/m1/s1. The largest absolute Gasteiger partial charge is 0.359 e. The topological polar surface area (TPSA) is 80.0 Å². The minimum absolute atomic E-state index is 0.104. The lowest BCUT2D eigenvalue weighted by Gasteiger charge is -2.27. The third kappa shape index (κ3) is 3.51. The number of amides is 1. The summed E-state index contributed by atoms with van der Waals surface area (Å²) in [7, 11) is 0. The molecule has 1 fully saturated rings. The highest BCUT2D eigenvalue weighted by molar-refractivity contribution is 5.81. The van der Waals surface area contributed by atoms with Gasteiger partial charge < -0.3 is 20.0 Å². The van der Waals surface area contributed by atoms with Gasteiger partial charge in [0, 0.05) is 25.7 Å². The maximum absolute atomic E-state index is 11.7. The second-order valence-electron chi connectivity index (χ2n) is 4.44. The average molecular weight is 262 g/mol. The van der Waals surface area contributed by atoms with Gasteiger partial charge in [0.05, 0.1) is 18.1 Å². The maximum atomic E-state index is 11.7. The lowest BCUT2D eigenvalue weighted by molar-refractivity contribution is -0.141. The van der Waals surface area contributed by atoms with E-state index in [0.717, 1.165) is 12.2 Å². The molecule has 0 unspecified atom stereocenters. The second-order valence-corrected chi connectivity index (χ2v) is 4.44. The van der Waals surface area contributed by atoms with E-state index >= 15 is 0 Å². The van der Waals surface area contributed by atoms with Crippen LogP contribution < -0.4 is 5.32 Å². The molecular formula is C13H18N4O2. The number of hydrogen-bond acceptors (Lipinski definition) is 4. The van der Waals surface area contributed by atoms with E-state index in [0.29, 0.717) is 19.4 Å². The number of nitrogens with one attached hydrogen (secondary N) is 2. The number of rotatable bonds is 6. The Morgan fingerprint density at radius 1 is 1.68 bits per heavy atom. The van der Waals surface area contributed by atoms with Crippen molar-refractivity contribution >= 4 is 12.1 Å². The molecule has 6 heteroatoms. The van der Waals surface area contributed by atoms with Gasteiger partial charge in [-0.15, -0.1) is 6.58 Å². The van der Waals surface area contributed by atoms with Crippen LogP contribution in [0.1, 0.15) is 12.1 Å². The second kappa shape index (κ2) is 6.29. The van der Waals surface area contributed by atoms with Crippen LogP contribution in [-0.4, -0.2) is 40.4 Å². The molecular weight excluding hydrogens is 244 g/mol. The van der Waals surface area contributed by atoms with Crippen molar-refractivity contribution in [3.63, 3.8) is 0 Å². The van der Waals surface area contributed by atoms with Crippen molar-refractivity contribution in [1.29, 1.82) is 5.41 Å². The predicted octanol–water partition coefficient (Wildman–Crippen LogP) is 0.535. The normalized spacial score (nSPS) is 22.8. The van der Waals surface area contributed by atoms with E-state index in [1.54, 1.807) is 12.4 Å². The summed E-state index contributed by atoms with van der Waals surface area (Å²) in [5.74, 6) is -0.104. The van der Waals surface area contributed by atoms with Crippen molar-refractivity contribution in [2.45, 2.75) is 31.6 Å². The first kappa shape index (κ1) is 13.5.